The smallest absolute Gasteiger partial charge is 0.255 e. The Labute approximate surface area is 160 Å². The number of methoxy groups -OCH3 is 1. The van der Waals surface area contributed by atoms with Crippen LogP contribution in [0.25, 0.3) is 0 Å². The lowest BCUT2D eigenvalue weighted by molar-refractivity contribution is 0.0702. The Morgan fingerprint density at radius 1 is 1.26 bits per heavy atom. The van der Waals surface area contributed by atoms with Gasteiger partial charge in [-0.3, -0.25) is 9.78 Å². The van der Waals surface area contributed by atoms with E-state index in [0.29, 0.717) is 6.61 Å². The summed E-state index contributed by atoms with van der Waals surface area (Å²) in [7, 11) is 1.71. The highest BCUT2D eigenvalue weighted by atomic mass is 16.5. The molecule has 0 saturated carbocycles. The lowest BCUT2D eigenvalue weighted by atomic mass is 9.94. The zero-order valence-corrected chi connectivity index (χ0v) is 16.1. The monoisotopic (exact) mass is 368 g/mol. The summed E-state index contributed by atoms with van der Waals surface area (Å²) in [6.45, 7) is 3.00. The second-order valence-electron chi connectivity index (χ2n) is 7.60. The second kappa shape index (κ2) is 8.21. The van der Waals surface area contributed by atoms with Crippen LogP contribution >= 0.6 is 0 Å². The normalized spacial score (nSPS) is 19.7. The first kappa shape index (κ1) is 18.2. The molecule has 2 aromatic heterocycles. The van der Waals surface area contributed by atoms with Gasteiger partial charge in [0.05, 0.1) is 12.2 Å². The number of carbonyl (C=O) groups is 1. The molecular weight excluding hydrogens is 340 g/mol. The third-order valence-electron chi connectivity index (χ3n) is 5.77. The van der Waals surface area contributed by atoms with Crippen molar-refractivity contribution in [1.82, 2.24) is 19.4 Å². The fourth-order valence-corrected chi connectivity index (χ4v) is 4.32. The van der Waals surface area contributed by atoms with E-state index in [9.17, 15) is 4.79 Å². The van der Waals surface area contributed by atoms with E-state index in [1.165, 1.54) is 24.1 Å². The Bertz CT molecular complexity index is 801. The number of ether oxygens (including phenoxy) is 1. The number of carbonyl (C=O) groups excluding carboxylic acids is 1. The predicted octanol–water partition coefficient (Wildman–Crippen LogP) is 2.82. The molecule has 144 valence electrons. The summed E-state index contributed by atoms with van der Waals surface area (Å²) in [6, 6.07) is 2.08. The third kappa shape index (κ3) is 3.90. The Morgan fingerprint density at radius 2 is 2.15 bits per heavy atom. The van der Waals surface area contributed by atoms with Crippen molar-refractivity contribution in [1.29, 1.82) is 0 Å². The molecule has 1 atom stereocenters. The summed E-state index contributed by atoms with van der Waals surface area (Å²) in [5.74, 6) is 1.45. The van der Waals surface area contributed by atoms with Crippen molar-refractivity contribution in [3.8, 4) is 0 Å². The van der Waals surface area contributed by atoms with Crippen LogP contribution in [0, 0.1) is 0 Å². The summed E-state index contributed by atoms with van der Waals surface area (Å²) in [5.41, 5.74) is 3.17. The summed E-state index contributed by atoms with van der Waals surface area (Å²) in [6.07, 6.45) is 12.2. The molecule has 6 nitrogen and oxygen atoms in total. The van der Waals surface area contributed by atoms with Crippen molar-refractivity contribution in [3.05, 3.63) is 47.3 Å². The fourth-order valence-electron chi connectivity index (χ4n) is 4.32. The lowest BCUT2D eigenvalue weighted by Crippen LogP contribution is -2.40. The average molecular weight is 368 g/mol. The molecule has 27 heavy (non-hydrogen) atoms. The standard InChI is InChI=1S/C21H28N4O2/c1-27-12-11-24-10-8-22-20(24)17-6-4-9-25(15-17)21(26)18-13-16-5-2-3-7-19(16)23-14-18/h8,10,13-14,17H,2-7,9,11-12,15H2,1H3/t17-/m1/s1. The van der Waals surface area contributed by atoms with Crippen LogP contribution in [0.4, 0.5) is 0 Å². The van der Waals surface area contributed by atoms with E-state index in [2.05, 4.69) is 20.6 Å². The van der Waals surface area contributed by atoms with Crippen LogP contribution in [-0.4, -0.2) is 52.1 Å². The van der Waals surface area contributed by atoms with Gasteiger partial charge < -0.3 is 14.2 Å². The number of rotatable bonds is 5. The number of aryl methyl sites for hydroxylation is 2. The van der Waals surface area contributed by atoms with Crippen molar-refractivity contribution in [3.63, 3.8) is 0 Å². The number of nitrogens with zero attached hydrogens (tertiary/aromatic N) is 4. The van der Waals surface area contributed by atoms with Gasteiger partial charge in [-0.15, -0.1) is 0 Å². The van der Waals surface area contributed by atoms with Gasteiger partial charge in [0.2, 0.25) is 0 Å². The number of piperidine rings is 1. The molecular formula is C21H28N4O2. The van der Waals surface area contributed by atoms with Crippen molar-refractivity contribution in [2.45, 2.75) is 51.0 Å². The minimum atomic E-state index is 0.107. The van der Waals surface area contributed by atoms with Crippen LogP contribution in [0.1, 0.15) is 59.0 Å². The molecule has 0 unspecified atom stereocenters. The van der Waals surface area contributed by atoms with Crippen molar-refractivity contribution >= 4 is 5.91 Å². The van der Waals surface area contributed by atoms with E-state index in [1.54, 1.807) is 13.3 Å². The van der Waals surface area contributed by atoms with Gasteiger partial charge in [0.25, 0.3) is 5.91 Å². The number of hydrogen-bond donors (Lipinski definition) is 0. The first-order valence-corrected chi connectivity index (χ1v) is 10.0. The number of likely N-dealkylation sites (tertiary alicyclic amines) is 1. The van der Waals surface area contributed by atoms with Gasteiger partial charge in [0.1, 0.15) is 5.82 Å². The van der Waals surface area contributed by atoms with Gasteiger partial charge in [0.15, 0.2) is 0 Å². The molecule has 1 fully saturated rings. The molecule has 1 aliphatic carbocycles. The van der Waals surface area contributed by atoms with Gasteiger partial charge in [-0.1, -0.05) is 0 Å². The molecule has 0 spiro atoms. The van der Waals surface area contributed by atoms with E-state index in [4.69, 9.17) is 4.74 Å². The minimum Gasteiger partial charge on any atom is -0.383 e. The van der Waals surface area contributed by atoms with Crippen LogP contribution in [0.2, 0.25) is 0 Å². The topological polar surface area (TPSA) is 60.2 Å². The van der Waals surface area contributed by atoms with E-state index < -0.39 is 0 Å². The minimum absolute atomic E-state index is 0.107. The molecule has 3 heterocycles. The Morgan fingerprint density at radius 3 is 3.04 bits per heavy atom. The number of imidazole rings is 1. The maximum absolute atomic E-state index is 13.1. The molecule has 6 heteroatoms. The van der Waals surface area contributed by atoms with E-state index >= 15 is 0 Å². The maximum Gasteiger partial charge on any atom is 0.255 e. The molecule has 0 bridgehead atoms. The van der Waals surface area contributed by atoms with E-state index in [-0.39, 0.29) is 11.8 Å². The van der Waals surface area contributed by atoms with Crippen LogP contribution < -0.4 is 0 Å². The molecule has 0 radical (unpaired) electrons. The molecule has 1 saturated heterocycles. The first-order valence-electron chi connectivity index (χ1n) is 10.0. The molecule has 4 rings (SSSR count). The quantitative estimate of drug-likeness (QED) is 0.814. The zero-order chi connectivity index (χ0) is 18.6. The summed E-state index contributed by atoms with van der Waals surface area (Å²) in [4.78, 5) is 24.2. The fraction of sp³-hybridized carbons (Fsp3) is 0.571. The third-order valence-corrected chi connectivity index (χ3v) is 5.77. The van der Waals surface area contributed by atoms with E-state index in [0.717, 1.165) is 56.7 Å². The Balaban J connectivity index is 1.48. The summed E-state index contributed by atoms with van der Waals surface area (Å²) < 4.78 is 7.36. The highest BCUT2D eigenvalue weighted by molar-refractivity contribution is 5.94. The maximum atomic E-state index is 13.1. The Hall–Kier alpha value is -2.21. The number of fused-ring (bicyclic) bond motifs is 1. The molecule has 2 aliphatic rings. The van der Waals surface area contributed by atoms with Gasteiger partial charge in [-0.2, -0.15) is 0 Å². The van der Waals surface area contributed by atoms with Crippen molar-refractivity contribution < 1.29 is 9.53 Å². The number of pyridine rings is 1. The van der Waals surface area contributed by atoms with Gasteiger partial charge in [-0.25, -0.2) is 4.98 Å². The van der Waals surface area contributed by atoms with Crippen LogP contribution in [-0.2, 0) is 24.1 Å². The summed E-state index contributed by atoms with van der Waals surface area (Å²) >= 11 is 0. The van der Waals surface area contributed by atoms with Crippen LogP contribution in [0.3, 0.4) is 0 Å². The molecule has 0 aromatic carbocycles. The number of hydrogen-bond acceptors (Lipinski definition) is 4. The SMILES string of the molecule is COCCn1ccnc1[C@@H]1CCCN(C(=O)c2cnc3c(c2)CCCC3)C1. The van der Waals surface area contributed by atoms with Gasteiger partial charge in [-0.05, 0) is 50.2 Å². The molecule has 2 aromatic rings. The highest BCUT2D eigenvalue weighted by Crippen LogP contribution is 2.27. The molecule has 1 aliphatic heterocycles. The first-order chi connectivity index (χ1) is 13.3. The predicted molar refractivity (Wildman–Crippen MR) is 103 cm³/mol. The van der Waals surface area contributed by atoms with Crippen LogP contribution in [0.5, 0.6) is 0 Å². The number of aromatic nitrogens is 3. The highest BCUT2D eigenvalue weighted by Gasteiger charge is 2.28. The van der Waals surface area contributed by atoms with Crippen LogP contribution in [0.15, 0.2) is 24.7 Å². The van der Waals surface area contributed by atoms with Gasteiger partial charge >= 0.3 is 0 Å². The number of amides is 1. The second-order valence-corrected chi connectivity index (χ2v) is 7.60. The zero-order valence-electron chi connectivity index (χ0n) is 16.1. The molecule has 1 amide bonds. The Kier molecular flexibility index (Phi) is 5.53. The van der Waals surface area contributed by atoms with E-state index in [1.807, 2.05) is 17.3 Å². The molecule has 0 N–H and O–H groups in total. The summed E-state index contributed by atoms with van der Waals surface area (Å²) in [5, 5.41) is 0. The van der Waals surface area contributed by atoms with Crippen molar-refractivity contribution in [2.75, 3.05) is 26.8 Å². The lowest BCUT2D eigenvalue weighted by Gasteiger charge is -2.33. The average Bonchev–Trinajstić information content (AvgIpc) is 3.20. The van der Waals surface area contributed by atoms with Crippen molar-refractivity contribution in [2.24, 2.45) is 0 Å². The largest absolute Gasteiger partial charge is 0.383 e. The van der Waals surface area contributed by atoms with Gasteiger partial charge in [0, 0.05) is 56.9 Å².